The van der Waals surface area contributed by atoms with Gasteiger partial charge in [0.25, 0.3) is 0 Å². The summed E-state index contributed by atoms with van der Waals surface area (Å²) in [6.45, 7) is 0. The number of halogens is 2. The van der Waals surface area contributed by atoms with Crippen LogP contribution in [0.25, 0.3) is 17.4 Å². The molecule has 0 radical (unpaired) electrons. The third-order valence-electron chi connectivity index (χ3n) is 3.84. The van der Waals surface area contributed by atoms with E-state index in [2.05, 4.69) is 9.97 Å². The van der Waals surface area contributed by atoms with Gasteiger partial charge < -0.3 is 10.5 Å². The van der Waals surface area contributed by atoms with E-state index in [-0.39, 0.29) is 16.8 Å². The highest BCUT2D eigenvalue weighted by Gasteiger charge is 2.29. The zero-order chi connectivity index (χ0) is 16.0. The average Bonchev–Trinajstić information content (AvgIpc) is 2.57. The largest absolute Gasteiger partial charge is 0.488 e. The van der Waals surface area contributed by atoms with Crippen molar-refractivity contribution < 1.29 is 9.13 Å². The van der Waals surface area contributed by atoms with Crippen LogP contribution in [-0.2, 0) is 4.74 Å². The molecule has 1 atom stereocenters. The molecule has 4 rings (SSSR count). The van der Waals surface area contributed by atoms with Crippen LogP contribution in [0.15, 0.2) is 42.5 Å². The van der Waals surface area contributed by atoms with Gasteiger partial charge in [0.2, 0.25) is 5.28 Å². The van der Waals surface area contributed by atoms with Crippen LogP contribution < -0.4 is 16.2 Å². The van der Waals surface area contributed by atoms with Gasteiger partial charge in [0.05, 0.1) is 6.26 Å². The number of anilines is 1. The minimum Gasteiger partial charge on any atom is -0.488 e. The molecule has 114 valence electrons. The second-order valence-electron chi connectivity index (χ2n) is 5.20. The van der Waals surface area contributed by atoms with Gasteiger partial charge in [-0.25, -0.2) is 9.37 Å². The molecule has 0 amide bonds. The number of nitrogens with zero attached hydrogens (tertiary/aromatic N) is 2. The van der Waals surface area contributed by atoms with E-state index >= 15 is 0 Å². The molecule has 1 aromatic heterocycles. The second kappa shape index (κ2) is 5.21. The Balaban J connectivity index is 1.93. The fraction of sp³-hybridized carbons (Fsp3) is 0.0588. The fourth-order valence-corrected chi connectivity index (χ4v) is 2.99. The number of ether oxygens (including phenoxy) is 1. The van der Waals surface area contributed by atoms with E-state index in [9.17, 15) is 4.39 Å². The predicted octanol–water partition coefficient (Wildman–Crippen LogP) is 1.79. The molecule has 0 spiro atoms. The van der Waals surface area contributed by atoms with E-state index in [0.717, 1.165) is 16.0 Å². The molecule has 0 bridgehead atoms. The van der Waals surface area contributed by atoms with Crippen LogP contribution in [0.2, 0.25) is 5.28 Å². The Bertz CT molecular complexity index is 997. The normalized spacial score (nSPS) is 18.4. The smallest absolute Gasteiger partial charge is 0.225 e. The zero-order valence-corrected chi connectivity index (χ0v) is 12.6. The lowest BCUT2D eigenvalue weighted by Gasteiger charge is -2.26. The molecule has 0 fully saturated rings. The van der Waals surface area contributed by atoms with Crippen molar-refractivity contribution in [1.29, 1.82) is 0 Å². The van der Waals surface area contributed by atoms with Crippen LogP contribution in [0, 0.1) is 5.82 Å². The van der Waals surface area contributed by atoms with Gasteiger partial charge in [-0.3, -0.25) is 0 Å². The van der Waals surface area contributed by atoms with E-state index in [4.69, 9.17) is 22.1 Å². The van der Waals surface area contributed by atoms with Crippen LogP contribution >= 0.6 is 11.6 Å². The first-order valence-corrected chi connectivity index (χ1v) is 7.35. The first-order valence-electron chi connectivity index (χ1n) is 6.97. The zero-order valence-electron chi connectivity index (χ0n) is 11.8. The third kappa shape index (κ3) is 2.21. The first kappa shape index (κ1) is 14.0. The van der Waals surface area contributed by atoms with E-state index in [1.54, 1.807) is 12.3 Å². The Labute approximate surface area is 136 Å². The standard InChI is InChI=1S/C17H11ClFN3O/c18-17-21-14(13(19)16(20)22-17)12-7-3-6-11-10-5-2-1-4-9(10)8-23-15(11)12/h1-8,15H,(H2,20,21,22). The number of fused-ring (bicyclic) bond motifs is 2. The second-order valence-corrected chi connectivity index (χ2v) is 5.54. The minimum atomic E-state index is -0.697. The summed E-state index contributed by atoms with van der Waals surface area (Å²) in [5.74, 6) is -0.977. The number of allylic oxidation sites excluding steroid dienone is 2. The Morgan fingerprint density at radius 3 is 2.91 bits per heavy atom. The summed E-state index contributed by atoms with van der Waals surface area (Å²) in [5, 5.41) is 1.92. The fourth-order valence-electron chi connectivity index (χ4n) is 2.81. The summed E-state index contributed by atoms with van der Waals surface area (Å²) in [6.07, 6.45) is 6.73. The van der Waals surface area contributed by atoms with Crippen molar-refractivity contribution in [2.75, 3.05) is 5.73 Å². The molecule has 6 heteroatoms. The van der Waals surface area contributed by atoms with Crippen molar-refractivity contribution in [1.82, 2.24) is 9.97 Å². The van der Waals surface area contributed by atoms with Gasteiger partial charge in [-0.15, -0.1) is 0 Å². The number of benzene rings is 1. The lowest BCUT2D eigenvalue weighted by Crippen LogP contribution is -2.36. The van der Waals surface area contributed by atoms with E-state index in [0.29, 0.717) is 5.57 Å². The third-order valence-corrected chi connectivity index (χ3v) is 4.01. The van der Waals surface area contributed by atoms with Gasteiger partial charge in [-0.05, 0) is 16.8 Å². The summed E-state index contributed by atoms with van der Waals surface area (Å²) < 4.78 is 20.2. The maximum absolute atomic E-state index is 14.4. The van der Waals surface area contributed by atoms with E-state index < -0.39 is 11.9 Å². The maximum atomic E-state index is 14.4. The van der Waals surface area contributed by atoms with Crippen LogP contribution in [-0.4, -0.2) is 16.1 Å². The highest BCUT2D eigenvalue weighted by molar-refractivity contribution is 6.28. The molecule has 1 unspecified atom stereocenters. The molecule has 2 N–H and O–H groups in total. The number of nitrogens with two attached hydrogens (primary N) is 1. The maximum Gasteiger partial charge on any atom is 0.225 e. The van der Waals surface area contributed by atoms with Crippen molar-refractivity contribution in [2.24, 2.45) is 0 Å². The summed E-state index contributed by atoms with van der Waals surface area (Å²) in [7, 11) is 0. The minimum absolute atomic E-state index is 0.0575. The lowest BCUT2D eigenvalue weighted by molar-refractivity contribution is 0.282. The Morgan fingerprint density at radius 1 is 1.22 bits per heavy atom. The van der Waals surface area contributed by atoms with Gasteiger partial charge >= 0.3 is 0 Å². The summed E-state index contributed by atoms with van der Waals surface area (Å²) in [5.41, 5.74) is 7.11. The number of rotatable bonds is 1. The number of hydrogen-bond donors (Lipinski definition) is 1. The summed E-state index contributed by atoms with van der Waals surface area (Å²) >= 11 is 5.83. The molecule has 1 aromatic carbocycles. The number of hydrogen-bond acceptors (Lipinski definition) is 4. The first-order chi connectivity index (χ1) is 11.1. The van der Waals surface area contributed by atoms with Crippen LogP contribution in [0.3, 0.4) is 0 Å². The average molecular weight is 328 g/mol. The topological polar surface area (TPSA) is 61.0 Å². The van der Waals surface area contributed by atoms with Crippen molar-refractivity contribution >= 4 is 34.8 Å². The van der Waals surface area contributed by atoms with Crippen molar-refractivity contribution in [3.8, 4) is 0 Å². The molecule has 1 aliphatic heterocycles. The van der Waals surface area contributed by atoms with Gasteiger partial charge in [0.15, 0.2) is 17.7 Å². The van der Waals surface area contributed by atoms with Crippen LogP contribution in [0.5, 0.6) is 0 Å². The van der Waals surface area contributed by atoms with Crippen LogP contribution in [0.1, 0.15) is 5.69 Å². The van der Waals surface area contributed by atoms with Gasteiger partial charge in [-0.2, -0.15) is 4.98 Å². The number of nitrogen functional groups attached to an aromatic ring is 1. The molecule has 0 saturated carbocycles. The van der Waals surface area contributed by atoms with Crippen molar-refractivity contribution in [2.45, 2.75) is 6.10 Å². The molecular weight excluding hydrogens is 317 g/mol. The summed E-state index contributed by atoms with van der Waals surface area (Å²) in [6, 6.07) is 7.85. The van der Waals surface area contributed by atoms with E-state index in [1.807, 2.05) is 36.4 Å². The lowest BCUT2D eigenvalue weighted by atomic mass is 9.90. The monoisotopic (exact) mass is 327 g/mol. The van der Waals surface area contributed by atoms with E-state index in [1.165, 1.54) is 0 Å². The van der Waals surface area contributed by atoms with Gasteiger partial charge in [-0.1, -0.05) is 42.5 Å². The van der Waals surface area contributed by atoms with Crippen molar-refractivity contribution in [3.63, 3.8) is 0 Å². The molecule has 4 nitrogen and oxygen atoms in total. The van der Waals surface area contributed by atoms with Crippen LogP contribution in [0.4, 0.5) is 10.2 Å². The number of aromatic nitrogens is 2. The Hall–Kier alpha value is -2.66. The molecule has 0 saturated heterocycles. The highest BCUT2D eigenvalue weighted by atomic mass is 35.5. The molecule has 2 aromatic rings. The van der Waals surface area contributed by atoms with Gasteiger partial charge in [0.1, 0.15) is 5.69 Å². The van der Waals surface area contributed by atoms with Crippen molar-refractivity contribution in [3.05, 3.63) is 69.7 Å². The Kier molecular flexibility index (Phi) is 3.16. The molecular formula is C17H11ClFN3O. The molecule has 2 aliphatic rings. The SMILES string of the molecule is Nc1nc(Cl)nc(C2=CC=CC3=c4ccccc4=COC23)c1F. The molecule has 1 aliphatic carbocycles. The molecule has 23 heavy (non-hydrogen) atoms. The Morgan fingerprint density at radius 2 is 2.04 bits per heavy atom. The highest BCUT2D eigenvalue weighted by Crippen LogP contribution is 2.33. The predicted molar refractivity (Wildman–Crippen MR) is 87.0 cm³/mol. The quantitative estimate of drug-likeness (QED) is 0.811. The summed E-state index contributed by atoms with van der Waals surface area (Å²) in [4.78, 5) is 7.62. The van der Waals surface area contributed by atoms with Gasteiger partial charge in [0, 0.05) is 16.4 Å². The molecule has 2 heterocycles.